The lowest BCUT2D eigenvalue weighted by Gasteiger charge is -2.37. The van der Waals surface area contributed by atoms with Crippen LogP contribution in [0.2, 0.25) is 0 Å². The summed E-state index contributed by atoms with van der Waals surface area (Å²) in [6.07, 6.45) is 1.63. The van der Waals surface area contributed by atoms with E-state index >= 15 is 0 Å². The van der Waals surface area contributed by atoms with Gasteiger partial charge >= 0.3 is 5.97 Å². The van der Waals surface area contributed by atoms with Gasteiger partial charge in [0.25, 0.3) is 0 Å². The van der Waals surface area contributed by atoms with Crippen molar-refractivity contribution >= 4 is 17.5 Å². The van der Waals surface area contributed by atoms with Gasteiger partial charge in [-0.3, -0.25) is 0 Å². The lowest BCUT2D eigenvalue weighted by molar-refractivity contribution is 0.0340. The number of carbonyl (C=O) groups excluding carboxylic acids is 1. The molecule has 104 valence electrons. The third-order valence-corrected chi connectivity index (χ3v) is 3.23. The number of carbonyl (C=O) groups is 1. The fourth-order valence-corrected chi connectivity index (χ4v) is 2.12. The Hall–Kier alpha value is -1.82. The molecule has 6 nitrogen and oxygen atoms in total. The van der Waals surface area contributed by atoms with E-state index < -0.39 is 5.97 Å². The van der Waals surface area contributed by atoms with Crippen LogP contribution in [-0.2, 0) is 9.47 Å². The Kier molecular flexibility index (Phi) is 3.90. The van der Waals surface area contributed by atoms with E-state index in [1.54, 1.807) is 6.07 Å². The Balaban J connectivity index is 2.31. The second kappa shape index (κ2) is 5.44. The first-order valence-electron chi connectivity index (χ1n) is 6.25. The van der Waals surface area contributed by atoms with Gasteiger partial charge < -0.3 is 20.1 Å². The molecule has 0 amide bonds. The predicted octanol–water partition coefficient (Wildman–Crippen LogP) is 1.06. The maximum absolute atomic E-state index is 11.6. The second-order valence-corrected chi connectivity index (χ2v) is 4.77. The molecule has 1 aliphatic rings. The molecule has 1 aromatic heterocycles. The van der Waals surface area contributed by atoms with Gasteiger partial charge in [-0.05, 0) is 19.9 Å². The number of anilines is 2. The largest absolute Gasteiger partial charge is 0.465 e. The van der Waals surface area contributed by atoms with Crippen LogP contribution in [0.4, 0.5) is 11.5 Å². The van der Waals surface area contributed by atoms with Crippen LogP contribution in [0.15, 0.2) is 12.3 Å². The number of methoxy groups -OCH3 is 1. The van der Waals surface area contributed by atoms with E-state index in [0.717, 1.165) is 12.4 Å². The van der Waals surface area contributed by atoms with Gasteiger partial charge in [0.05, 0.1) is 43.3 Å². The van der Waals surface area contributed by atoms with Crippen LogP contribution in [0.3, 0.4) is 0 Å². The number of pyridine rings is 1. The first kappa shape index (κ1) is 13.6. The summed E-state index contributed by atoms with van der Waals surface area (Å²) < 4.78 is 10.3. The maximum Gasteiger partial charge on any atom is 0.340 e. The van der Waals surface area contributed by atoms with Crippen molar-refractivity contribution in [3.05, 3.63) is 17.8 Å². The van der Waals surface area contributed by atoms with E-state index in [1.165, 1.54) is 13.3 Å². The van der Waals surface area contributed by atoms with Gasteiger partial charge in [0.1, 0.15) is 5.82 Å². The van der Waals surface area contributed by atoms with Crippen molar-refractivity contribution in [3.8, 4) is 0 Å². The Morgan fingerprint density at radius 2 is 2.32 bits per heavy atom. The molecule has 0 radical (unpaired) electrons. The first-order chi connectivity index (χ1) is 9.02. The molecule has 6 heteroatoms. The van der Waals surface area contributed by atoms with Crippen LogP contribution in [0.1, 0.15) is 24.2 Å². The highest BCUT2D eigenvalue weighted by Crippen LogP contribution is 2.23. The Morgan fingerprint density at radius 1 is 1.58 bits per heavy atom. The fraction of sp³-hybridized carbons (Fsp3) is 0.538. The lowest BCUT2D eigenvalue weighted by atomic mass is 10.1. The number of morpholine rings is 1. The normalized spacial score (nSPS) is 23.2. The molecule has 1 fully saturated rings. The number of esters is 1. The van der Waals surface area contributed by atoms with Crippen LogP contribution in [0, 0.1) is 0 Å². The molecule has 1 saturated heterocycles. The van der Waals surface area contributed by atoms with Crippen LogP contribution < -0.4 is 10.6 Å². The molecule has 0 spiro atoms. The molecule has 0 saturated carbocycles. The predicted molar refractivity (Wildman–Crippen MR) is 72.2 cm³/mol. The van der Waals surface area contributed by atoms with Crippen molar-refractivity contribution in [2.45, 2.75) is 26.0 Å². The van der Waals surface area contributed by atoms with E-state index in [0.29, 0.717) is 17.9 Å². The number of hydrogen-bond donors (Lipinski definition) is 1. The Labute approximate surface area is 112 Å². The van der Waals surface area contributed by atoms with Crippen LogP contribution >= 0.6 is 0 Å². The van der Waals surface area contributed by atoms with Gasteiger partial charge in [-0.2, -0.15) is 0 Å². The summed E-state index contributed by atoms with van der Waals surface area (Å²) in [7, 11) is 1.33. The molecule has 0 aliphatic carbocycles. The Morgan fingerprint density at radius 3 is 3.00 bits per heavy atom. The molecular formula is C13H19N3O3. The average Bonchev–Trinajstić information content (AvgIpc) is 2.41. The summed E-state index contributed by atoms with van der Waals surface area (Å²) in [5.74, 6) is 0.271. The zero-order valence-electron chi connectivity index (χ0n) is 11.4. The lowest BCUT2D eigenvalue weighted by Crippen LogP contribution is -2.47. The van der Waals surface area contributed by atoms with E-state index in [4.69, 9.17) is 15.2 Å². The minimum Gasteiger partial charge on any atom is -0.465 e. The van der Waals surface area contributed by atoms with Crippen LogP contribution in [-0.4, -0.2) is 43.4 Å². The van der Waals surface area contributed by atoms with E-state index in [-0.39, 0.29) is 12.1 Å². The van der Waals surface area contributed by atoms with Gasteiger partial charge in [0, 0.05) is 6.54 Å². The molecule has 2 N–H and O–H groups in total. The third kappa shape index (κ3) is 2.78. The highest BCUT2D eigenvalue weighted by atomic mass is 16.5. The third-order valence-electron chi connectivity index (χ3n) is 3.23. The highest BCUT2D eigenvalue weighted by molar-refractivity contribution is 5.95. The number of nitrogens with zero attached hydrogens (tertiary/aromatic N) is 2. The number of rotatable bonds is 2. The minimum atomic E-state index is -0.449. The molecular weight excluding hydrogens is 246 g/mol. The van der Waals surface area contributed by atoms with Crippen LogP contribution in [0.25, 0.3) is 0 Å². The number of ether oxygens (including phenoxy) is 2. The second-order valence-electron chi connectivity index (χ2n) is 4.77. The molecule has 1 aliphatic heterocycles. The summed E-state index contributed by atoms with van der Waals surface area (Å²) in [5.41, 5.74) is 6.42. The van der Waals surface area contributed by atoms with E-state index in [9.17, 15) is 4.79 Å². The van der Waals surface area contributed by atoms with Crippen molar-refractivity contribution < 1.29 is 14.3 Å². The van der Waals surface area contributed by atoms with E-state index in [1.807, 2.05) is 6.92 Å². The van der Waals surface area contributed by atoms with Crippen molar-refractivity contribution in [1.82, 2.24) is 4.98 Å². The molecule has 2 heterocycles. The molecule has 1 aromatic rings. The molecule has 0 bridgehead atoms. The standard InChI is InChI=1S/C13H19N3O3/c1-8-7-19-9(2)6-16(8)12-4-10(13(17)18-3)11(14)5-15-12/h4-5,8-9H,6-7,14H2,1-3H3. The molecule has 2 atom stereocenters. The number of hydrogen-bond acceptors (Lipinski definition) is 6. The zero-order chi connectivity index (χ0) is 14.0. The minimum absolute atomic E-state index is 0.136. The summed E-state index contributed by atoms with van der Waals surface area (Å²) in [6, 6.07) is 1.88. The average molecular weight is 265 g/mol. The zero-order valence-corrected chi connectivity index (χ0v) is 11.4. The monoisotopic (exact) mass is 265 g/mol. The van der Waals surface area contributed by atoms with Gasteiger partial charge in [0.15, 0.2) is 0 Å². The Bertz CT molecular complexity index is 478. The quantitative estimate of drug-likeness (QED) is 0.806. The molecule has 2 rings (SSSR count). The smallest absolute Gasteiger partial charge is 0.340 e. The van der Waals surface area contributed by atoms with Gasteiger partial charge in [-0.1, -0.05) is 0 Å². The number of nitrogen functional groups attached to an aromatic ring is 1. The number of aromatic nitrogens is 1. The molecule has 19 heavy (non-hydrogen) atoms. The maximum atomic E-state index is 11.6. The van der Waals surface area contributed by atoms with E-state index in [2.05, 4.69) is 16.8 Å². The summed E-state index contributed by atoms with van der Waals surface area (Å²) in [5, 5.41) is 0. The van der Waals surface area contributed by atoms with Crippen molar-refractivity contribution in [1.29, 1.82) is 0 Å². The molecule has 0 aromatic carbocycles. The van der Waals surface area contributed by atoms with Crippen molar-refractivity contribution in [2.75, 3.05) is 30.9 Å². The van der Waals surface area contributed by atoms with Gasteiger partial charge in [0.2, 0.25) is 0 Å². The summed E-state index contributed by atoms with van der Waals surface area (Å²) in [4.78, 5) is 18.1. The topological polar surface area (TPSA) is 77.7 Å². The summed E-state index contributed by atoms with van der Waals surface area (Å²) >= 11 is 0. The van der Waals surface area contributed by atoms with Gasteiger partial charge in [-0.25, -0.2) is 9.78 Å². The van der Waals surface area contributed by atoms with Gasteiger partial charge in [-0.15, -0.1) is 0 Å². The SMILES string of the molecule is COC(=O)c1cc(N2CC(C)OCC2C)ncc1N. The highest BCUT2D eigenvalue weighted by Gasteiger charge is 2.25. The van der Waals surface area contributed by atoms with Crippen molar-refractivity contribution in [2.24, 2.45) is 0 Å². The fourth-order valence-electron chi connectivity index (χ4n) is 2.12. The molecule has 2 unspecified atom stereocenters. The number of nitrogens with two attached hydrogens (primary N) is 1. The van der Waals surface area contributed by atoms with Crippen LogP contribution in [0.5, 0.6) is 0 Å². The van der Waals surface area contributed by atoms with Crippen molar-refractivity contribution in [3.63, 3.8) is 0 Å². The first-order valence-corrected chi connectivity index (χ1v) is 6.25. The summed E-state index contributed by atoms with van der Waals surface area (Å²) in [6.45, 7) is 5.44.